The van der Waals surface area contributed by atoms with Gasteiger partial charge in [0.2, 0.25) is 6.20 Å². The number of hydrogen-bond donors (Lipinski definition) is 0. The summed E-state index contributed by atoms with van der Waals surface area (Å²) in [5.41, 5.74) is 2.55. The molecule has 1 heterocycles. The highest BCUT2D eigenvalue weighted by Gasteiger charge is 2.08. The van der Waals surface area contributed by atoms with E-state index >= 15 is 0 Å². The van der Waals surface area contributed by atoms with Crippen LogP contribution in [0.25, 0.3) is 0 Å². The first kappa shape index (κ1) is 15.2. The van der Waals surface area contributed by atoms with Crippen molar-refractivity contribution in [2.75, 3.05) is 0 Å². The third-order valence-corrected chi connectivity index (χ3v) is 3.71. The number of hydrogen-bond acceptors (Lipinski definition) is 2. The van der Waals surface area contributed by atoms with E-state index in [1.54, 1.807) is 6.20 Å². The molecule has 0 saturated heterocycles. The molecule has 3 rings (SSSR count). The van der Waals surface area contributed by atoms with Gasteiger partial charge in [0, 0.05) is 5.56 Å². The lowest BCUT2D eigenvalue weighted by molar-refractivity contribution is -0.689. The van der Waals surface area contributed by atoms with Crippen LogP contribution in [0.15, 0.2) is 73.2 Å². The van der Waals surface area contributed by atoms with E-state index in [1.807, 2.05) is 42.7 Å². The van der Waals surface area contributed by atoms with E-state index in [2.05, 4.69) is 47.7 Å². The van der Waals surface area contributed by atoms with Crippen LogP contribution < -0.4 is 9.30 Å². The molecule has 1 aromatic heterocycles. The van der Waals surface area contributed by atoms with Crippen molar-refractivity contribution in [2.24, 2.45) is 0 Å². The fraction of sp³-hybridized carbons (Fsp3) is 0.200. The number of nitrogens with zero attached hydrogens (tertiary/aromatic N) is 2. The quantitative estimate of drug-likeness (QED) is 0.656. The van der Waals surface area contributed by atoms with Crippen LogP contribution in [0.1, 0.15) is 30.9 Å². The molecule has 3 nitrogen and oxygen atoms in total. The molecule has 0 fully saturated rings. The summed E-state index contributed by atoms with van der Waals surface area (Å²) in [5.74, 6) is 1.92. The maximum Gasteiger partial charge on any atom is 0.285 e. The van der Waals surface area contributed by atoms with Gasteiger partial charge >= 0.3 is 0 Å². The molecule has 0 radical (unpaired) electrons. The molecule has 3 heteroatoms. The predicted octanol–water partition coefficient (Wildman–Crippen LogP) is 4.33. The molecule has 3 aromatic rings. The fourth-order valence-corrected chi connectivity index (χ4v) is 2.40. The minimum atomic E-state index is 0.520. The first-order chi connectivity index (χ1) is 11.2. The Morgan fingerprint density at radius 2 is 1.74 bits per heavy atom. The maximum atomic E-state index is 5.86. The second-order valence-corrected chi connectivity index (χ2v) is 5.88. The summed E-state index contributed by atoms with van der Waals surface area (Å²) >= 11 is 0. The molecule has 116 valence electrons. The summed E-state index contributed by atoms with van der Waals surface area (Å²) in [6, 6.07) is 18.5. The molecule has 0 bridgehead atoms. The lowest BCUT2D eigenvalue weighted by Crippen LogP contribution is -2.33. The predicted molar refractivity (Wildman–Crippen MR) is 90.6 cm³/mol. The van der Waals surface area contributed by atoms with Crippen LogP contribution in [-0.2, 0) is 6.54 Å². The van der Waals surface area contributed by atoms with Crippen LogP contribution in [-0.4, -0.2) is 4.98 Å². The molecule has 0 amide bonds. The van der Waals surface area contributed by atoms with Crippen LogP contribution in [0.5, 0.6) is 11.6 Å². The van der Waals surface area contributed by atoms with E-state index in [1.165, 1.54) is 11.1 Å². The zero-order chi connectivity index (χ0) is 16.1. The summed E-state index contributed by atoms with van der Waals surface area (Å²) in [5, 5.41) is 0. The van der Waals surface area contributed by atoms with E-state index in [0.717, 1.165) is 12.3 Å². The van der Waals surface area contributed by atoms with Gasteiger partial charge in [-0.2, -0.15) is 4.57 Å². The molecule has 0 aliphatic carbocycles. The number of aromatic nitrogens is 2. The Labute approximate surface area is 137 Å². The summed E-state index contributed by atoms with van der Waals surface area (Å²) in [6.07, 6.45) is 5.63. The molecule has 23 heavy (non-hydrogen) atoms. The zero-order valence-corrected chi connectivity index (χ0v) is 13.5. The van der Waals surface area contributed by atoms with Gasteiger partial charge in [0.15, 0.2) is 12.7 Å². The Morgan fingerprint density at radius 3 is 2.43 bits per heavy atom. The van der Waals surface area contributed by atoms with E-state index in [9.17, 15) is 0 Å². The van der Waals surface area contributed by atoms with Crippen LogP contribution in [0, 0.1) is 0 Å². The number of benzene rings is 2. The van der Waals surface area contributed by atoms with Crippen molar-refractivity contribution in [1.29, 1.82) is 0 Å². The van der Waals surface area contributed by atoms with Gasteiger partial charge in [0.1, 0.15) is 5.75 Å². The van der Waals surface area contributed by atoms with Crippen molar-refractivity contribution in [1.82, 2.24) is 4.98 Å². The zero-order valence-electron chi connectivity index (χ0n) is 13.5. The van der Waals surface area contributed by atoms with Crippen LogP contribution in [0.3, 0.4) is 0 Å². The Bertz CT molecular complexity index is 752. The highest BCUT2D eigenvalue weighted by Crippen LogP contribution is 2.21. The van der Waals surface area contributed by atoms with Crippen molar-refractivity contribution in [2.45, 2.75) is 26.3 Å². The van der Waals surface area contributed by atoms with E-state index in [0.29, 0.717) is 11.8 Å². The molecule has 0 N–H and O–H groups in total. The summed E-state index contributed by atoms with van der Waals surface area (Å²) < 4.78 is 7.93. The average Bonchev–Trinajstić information content (AvgIpc) is 2.57. The van der Waals surface area contributed by atoms with Crippen molar-refractivity contribution < 1.29 is 9.30 Å². The second kappa shape index (κ2) is 7.05. The summed E-state index contributed by atoms with van der Waals surface area (Å²) in [7, 11) is 0. The van der Waals surface area contributed by atoms with Gasteiger partial charge < -0.3 is 4.74 Å². The van der Waals surface area contributed by atoms with Gasteiger partial charge in [0.25, 0.3) is 5.88 Å². The molecular weight excluding hydrogens is 284 g/mol. The number of ether oxygens (including phenoxy) is 1. The smallest absolute Gasteiger partial charge is 0.285 e. The fourth-order valence-electron chi connectivity index (χ4n) is 2.40. The SMILES string of the molecule is CC(C)c1ccc(Oc2c[n+](Cc3ccccc3)ccn2)cc1. The lowest BCUT2D eigenvalue weighted by atomic mass is 10.0. The van der Waals surface area contributed by atoms with Crippen molar-refractivity contribution in [3.8, 4) is 11.6 Å². The Balaban J connectivity index is 1.72. The highest BCUT2D eigenvalue weighted by atomic mass is 16.5. The third kappa shape index (κ3) is 4.16. The molecule has 0 aliphatic rings. The van der Waals surface area contributed by atoms with Crippen LogP contribution in [0.2, 0.25) is 0 Å². The third-order valence-electron chi connectivity index (χ3n) is 3.71. The standard InChI is InChI=1S/C20H21N2O/c1-16(2)18-8-10-19(11-9-18)23-20-15-22(13-12-21-20)14-17-6-4-3-5-7-17/h3-13,15-16H,14H2,1-2H3/q+1. The van der Waals surface area contributed by atoms with Gasteiger partial charge in [-0.25, -0.2) is 4.98 Å². The van der Waals surface area contributed by atoms with E-state index in [4.69, 9.17) is 4.74 Å². The second-order valence-electron chi connectivity index (χ2n) is 5.88. The highest BCUT2D eigenvalue weighted by molar-refractivity contribution is 5.30. The Kier molecular flexibility index (Phi) is 4.67. The van der Waals surface area contributed by atoms with E-state index in [-0.39, 0.29) is 0 Å². The largest absolute Gasteiger partial charge is 0.434 e. The molecule has 0 aliphatic heterocycles. The van der Waals surface area contributed by atoms with Gasteiger partial charge in [0.05, 0.1) is 6.20 Å². The molecule has 0 atom stereocenters. The summed E-state index contributed by atoms with van der Waals surface area (Å²) in [4.78, 5) is 4.29. The van der Waals surface area contributed by atoms with Gasteiger partial charge in [-0.15, -0.1) is 0 Å². The monoisotopic (exact) mass is 305 g/mol. The first-order valence-electron chi connectivity index (χ1n) is 7.87. The molecule has 0 spiro atoms. The molecule has 2 aromatic carbocycles. The maximum absolute atomic E-state index is 5.86. The van der Waals surface area contributed by atoms with Gasteiger partial charge in [-0.1, -0.05) is 56.3 Å². The van der Waals surface area contributed by atoms with Crippen molar-refractivity contribution >= 4 is 0 Å². The average molecular weight is 305 g/mol. The first-order valence-corrected chi connectivity index (χ1v) is 7.87. The molecule has 0 saturated carbocycles. The van der Waals surface area contributed by atoms with Crippen LogP contribution in [0.4, 0.5) is 0 Å². The van der Waals surface area contributed by atoms with Gasteiger partial charge in [-0.3, -0.25) is 0 Å². The van der Waals surface area contributed by atoms with Crippen molar-refractivity contribution in [3.63, 3.8) is 0 Å². The minimum Gasteiger partial charge on any atom is -0.434 e. The lowest BCUT2D eigenvalue weighted by Gasteiger charge is -2.07. The van der Waals surface area contributed by atoms with Crippen molar-refractivity contribution in [3.05, 3.63) is 84.3 Å². The summed E-state index contributed by atoms with van der Waals surface area (Å²) in [6.45, 7) is 5.16. The van der Waals surface area contributed by atoms with Crippen LogP contribution >= 0.6 is 0 Å². The normalized spacial score (nSPS) is 10.7. The molecule has 0 unspecified atom stereocenters. The topological polar surface area (TPSA) is 26.0 Å². The minimum absolute atomic E-state index is 0.520. The Hall–Kier alpha value is -2.68. The number of rotatable bonds is 5. The van der Waals surface area contributed by atoms with Gasteiger partial charge in [-0.05, 0) is 23.6 Å². The molecular formula is C20H21N2O+. The Morgan fingerprint density at radius 1 is 1.00 bits per heavy atom. The van der Waals surface area contributed by atoms with E-state index < -0.39 is 0 Å².